The van der Waals surface area contributed by atoms with Gasteiger partial charge >= 0.3 is 0 Å². The zero-order valence-electron chi connectivity index (χ0n) is 15.0. The van der Waals surface area contributed by atoms with Crippen molar-refractivity contribution in [2.75, 3.05) is 26.8 Å². The summed E-state index contributed by atoms with van der Waals surface area (Å²) >= 11 is 0. The minimum atomic E-state index is -0.146. The molecular weight excluding hydrogens is 302 g/mol. The van der Waals surface area contributed by atoms with Crippen LogP contribution in [0.4, 0.5) is 0 Å². The number of aryl methyl sites for hydroxylation is 1. The van der Waals surface area contributed by atoms with Crippen molar-refractivity contribution in [2.24, 2.45) is 0 Å². The molecule has 1 saturated carbocycles. The second-order valence-electron chi connectivity index (χ2n) is 7.25. The standard InChI is InChI=1S/C20H31NO3/c1-15-7-8-16(13-20(15)23-2)10-12-24-19-6-4-3-5-18(19)21-11-9-17(22)14-21/h7-8,13,17-19,22H,3-6,9-12,14H2,1-2H3/t17-,18+,19-/m0/s1. The van der Waals surface area contributed by atoms with Crippen LogP contribution in [0, 0.1) is 6.92 Å². The van der Waals surface area contributed by atoms with Crippen LogP contribution >= 0.6 is 0 Å². The highest BCUT2D eigenvalue weighted by Gasteiger charge is 2.34. The van der Waals surface area contributed by atoms with E-state index in [0.717, 1.165) is 44.7 Å². The van der Waals surface area contributed by atoms with Gasteiger partial charge < -0.3 is 14.6 Å². The van der Waals surface area contributed by atoms with Gasteiger partial charge in [0, 0.05) is 19.1 Å². The van der Waals surface area contributed by atoms with Crippen LogP contribution in [0.5, 0.6) is 5.75 Å². The van der Waals surface area contributed by atoms with Crippen LogP contribution in [0.25, 0.3) is 0 Å². The van der Waals surface area contributed by atoms with Crippen LogP contribution < -0.4 is 4.74 Å². The van der Waals surface area contributed by atoms with Gasteiger partial charge in [0.2, 0.25) is 0 Å². The number of hydrogen-bond donors (Lipinski definition) is 1. The average Bonchev–Trinajstić information content (AvgIpc) is 3.03. The van der Waals surface area contributed by atoms with E-state index in [0.29, 0.717) is 12.1 Å². The number of nitrogens with zero attached hydrogens (tertiary/aromatic N) is 1. The minimum Gasteiger partial charge on any atom is -0.496 e. The molecule has 0 bridgehead atoms. The Morgan fingerprint density at radius 1 is 1.21 bits per heavy atom. The number of ether oxygens (including phenoxy) is 2. The van der Waals surface area contributed by atoms with Gasteiger partial charge in [0.25, 0.3) is 0 Å². The predicted molar refractivity (Wildman–Crippen MR) is 95.6 cm³/mol. The number of methoxy groups -OCH3 is 1. The van der Waals surface area contributed by atoms with E-state index in [1.807, 2.05) is 0 Å². The maximum absolute atomic E-state index is 9.82. The topological polar surface area (TPSA) is 41.9 Å². The van der Waals surface area contributed by atoms with E-state index in [4.69, 9.17) is 9.47 Å². The van der Waals surface area contributed by atoms with Crippen molar-refractivity contribution in [1.29, 1.82) is 0 Å². The SMILES string of the molecule is COc1cc(CCO[C@H]2CCCC[C@H]2N2CC[C@H](O)C2)ccc1C. The van der Waals surface area contributed by atoms with Gasteiger partial charge in [-0.05, 0) is 49.8 Å². The molecule has 1 aliphatic heterocycles. The molecule has 0 spiro atoms. The van der Waals surface area contributed by atoms with E-state index >= 15 is 0 Å². The van der Waals surface area contributed by atoms with Gasteiger partial charge in [0.15, 0.2) is 0 Å². The van der Waals surface area contributed by atoms with Gasteiger partial charge in [-0.15, -0.1) is 0 Å². The Bertz CT molecular complexity index is 534. The molecule has 1 heterocycles. The van der Waals surface area contributed by atoms with E-state index in [-0.39, 0.29) is 6.10 Å². The Hall–Kier alpha value is -1.10. The molecule has 0 aromatic heterocycles. The van der Waals surface area contributed by atoms with Crippen molar-refractivity contribution >= 4 is 0 Å². The molecule has 134 valence electrons. The molecule has 1 aromatic rings. The molecule has 2 aliphatic rings. The lowest BCUT2D eigenvalue weighted by atomic mass is 9.91. The lowest BCUT2D eigenvalue weighted by Gasteiger charge is -2.37. The van der Waals surface area contributed by atoms with Crippen LogP contribution in [0.1, 0.15) is 43.2 Å². The van der Waals surface area contributed by atoms with E-state index in [9.17, 15) is 5.11 Å². The van der Waals surface area contributed by atoms with Crippen LogP contribution in [0.15, 0.2) is 18.2 Å². The maximum Gasteiger partial charge on any atom is 0.122 e. The summed E-state index contributed by atoms with van der Waals surface area (Å²) < 4.78 is 11.7. The Labute approximate surface area is 145 Å². The molecule has 4 heteroatoms. The summed E-state index contributed by atoms with van der Waals surface area (Å²) in [5.74, 6) is 0.953. The van der Waals surface area contributed by atoms with E-state index in [2.05, 4.69) is 30.0 Å². The summed E-state index contributed by atoms with van der Waals surface area (Å²) in [5, 5.41) is 9.82. The first-order chi connectivity index (χ1) is 11.7. The van der Waals surface area contributed by atoms with Crippen LogP contribution in [0.3, 0.4) is 0 Å². The first-order valence-corrected chi connectivity index (χ1v) is 9.34. The Balaban J connectivity index is 1.52. The van der Waals surface area contributed by atoms with Crippen LogP contribution in [-0.2, 0) is 11.2 Å². The second-order valence-corrected chi connectivity index (χ2v) is 7.25. The van der Waals surface area contributed by atoms with Gasteiger partial charge in [0.1, 0.15) is 5.75 Å². The fourth-order valence-corrected chi connectivity index (χ4v) is 4.11. The zero-order chi connectivity index (χ0) is 16.9. The van der Waals surface area contributed by atoms with Crippen LogP contribution in [0.2, 0.25) is 0 Å². The first-order valence-electron chi connectivity index (χ1n) is 9.34. The maximum atomic E-state index is 9.82. The third-order valence-corrected chi connectivity index (χ3v) is 5.53. The number of hydrogen-bond acceptors (Lipinski definition) is 4. The highest BCUT2D eigenvalue weighted by Crippen LogP contribution is 2.28. The number of likely N-dealkylation sites (tertiary alicyclic amines) is 1. The fraction of sp³-hybridized carbons (Fsp3) is 0.700. The Kier molecular flexibility index (Phi) is 6.14. The molecule has 1 aromatic carbocycles. The molecule has 0 amide bonds. The molecule has 3 rings (SSSR count). The smallest absolute Gasteiger partial charge is 0.122 e. The number of aliphatic hydroxyl groups excluding tert-OH is 1. The van der Waals surface area contributed by atoms with Crippen molar-refractivity contribution in [3.8, 4) is 5.75 Å². The van der Waals surface area contributed by atoms with Crippen LogP contribution in [-0.4, -0.2) is 55.1 Å². The Morgan fingerprint density at radius 2 is 2.04 bits per heavy atom. The number of benzene rings is 1. The van der Waals surface area contributed by atoms with Gasteiger partial charge in [-0.1, -0.05) is 25.0 Å². The Morgan fingerprint density at radius 3 is 2.79 bits per heavy atom. The first kappa shape index (κ1) is 17.7. The predicted octanol–water partition coefficient (Wildman–Crippen LogP) is 2.94. The van der Waals surface area contributed by atoms with Crippen molar-refractivity contribution in [1.82, 2.24) is 4.90 Å². The minimum absolute atomic E-state index is 0.146. The van der Waals surface area contributed by atoms with Crippen molar-refractivity contribution in [3.05, 3.63) is 29.3 Å². The van der Waals surface area contributed by atoms with Gasteiger partial charge in [-0.25, -0.2) is 0 Å². The molecule has 1 N–H and O–H groups in total. The average molecular weight is 333 g/mol. The number of aliphatic hydroxyl groups is 1. The summed E-state index contributed by atoms with van der Waals surface area (Å²) in [4.78, 5) is 2.45. The molecule has 2 fully saturated rings. The number of β-amino-alcohol motifs (C(OH)–C–C–N with tert-alkyl or cyclic N) is 1. The molecular formula is C20H31NO3. The molecule has 0 radical (unpaired) electrons. The molecule has 4 nitrogen and oxygen atoms in total. The van der Waals surface area contributed by atoms with Gasteiger partial charge in [-0.2, -0.15) is 0 Å². The summed E-state index contributed by atoms with van der Waals surface area (Å²) in [7, 11) is 1.72. The van der Waals surface area contributed by atoms with Gasteiger partial charge in [0.05, 0.1) is 25.9 Å². The molecule has 3 atom stereocenters. The zero-order valence-corrected chi connectivity index (χ0v) is 15.0. The summed E-state index contributed by atoms with van der Waals surface area (Å²) in [6.45, 7) is 4.65. The van der Waals surface area contributed by atoms with E-state index in [1.165, 1.54) is 30.4 Å². The lowest BCUT2D eigenvalue weighted by molar-refractivity contribution is -0.0316. The molecule has 1 saturated heterocycles. The normalized spacial score (nSPS) is 28.2. The fourth-order valence-electron chi connectivity index (χ4n) is 4.11. The quantitative estimate of drug-likeness (QED) is 0.869. The summed E-state index contributed by atoms with van der Waals surface area (Å²) in [6.07, 6.45) is 6.89. The van der Waals surface area contributed by atoms with E-state index < -0.39 is 0 Å². The largest absolute Gasteiger partial charge is 0.496 e. The third kappa shape index (κ3) is 4.29. The molecule has 1 aliphatic carbocycles. The molecule has 24 heavy (non-hydrogen) atoms. The van der Waals surface area contributed by atoms with Crippen molar-refractivity contribution in [2.45, 2.75) is 63.7 Å². The highest BCUT2D eigenvalue weighted by atomic mass is 16.5. The van der Waals surface area contributed by atoms with Crippen molar-refractivity contribution in [3.63, 3.8) is 0 Å². The third-order valence-electron chi connectivity index (χ3n) is 5.53. The monoisotopic (exact) mass is 333 g/mol. The lowest BCUT2D eigenvalue weighted by Crippen LogP contribution is -2.46. The highest BCUT2D eigenvalue weighted by molar-refractivity contribution is 5.36. The van der Waals surface area contributed by atoms with E-state index in [1.54, 1.807) is 7.11 Å². The molecule has 0 unspecified atom stereocenters. The summed E-state index contributed by atoms with van der Waals surface area (Å²) in [5.41, 5.74) is 2.43. The van der Waals surface area contributed by atoms with Crippen molar-refractivity contribution < 1.29 is 14.6 Å². The second kappa shape index (κ2) is 8.32. The number of rotatable bonds is 6. The van der Waals surface area contributed by atoms with Gasteiger partial charge in [-0.3, -0.25) is 4.90 Å². The summed E-state index contributed by atoms with van der Waals surface area (Å²) in [6, 6.07) is 6.89.